The predicted octanol–water partition coefficient (Wildman–Crippen LogP) is 2.93. The van der Waals surface area contributed by atoms with Crippen molar-refractivity contribution < 1.29 is 20.4 Å². The standard InChI is InChI=1S/C9H11N.2CH3.Pd/c1-10-8-7-9-5-3-2-4-6-9;;;/h2-5H,7-8H2,1H3;2*1H3;/q-2;2*-1;. The number of hydrogen-bond donors (Lipinski definition) is 0. The van der Waals surface area contributed by atoms with Crippen LogP contribution in [0.5, 0.6) is 0 Å². The average Bonchev–Trinajstić information content (AvgIpc) is 2.03. The van der Waals surface area contributed by atoms with E-state index in [2.05, 4.69) is 17.4 Å². The van der Waals surface area contributed by atoms with Gasteiger partial charge in [0.1, 0.15) is 0 Å². The molecule has 80 valence electrons. The second-order valence-corrected chi connectivity index (χ2v) is 2.18. The zero-order valence-electron chi connectivity index (χ0n) is 8.49. The molecule has 0 saturated carbocycles. The summed E-state index contributed by atoms with van der Waals surface area (Å²) in [5, 5.41) is 4.01. The Morgan fingerprint density at radius 3 is 2.46 bits per heavy atom. The van der Waals surface area contributed by atoms with Crippen LogP contribution in [0.25, 0.3) is 5.32 Å². The third kappa shape index (κ3) is 8.18. The molecule has 0 N–H and O–H groups in total. The number of rotatable bonds is 3. The molecule has 0 heterocycles. The van der Waals surface area contributed by atoms with Crippen LogP contribution in [-0.4, -0.2) is 13.6 Å². The van der Waals surface area contributed by atoms with Gasteiger partial charge in [0.2, 0.25) is 0 Å². The van der Waals surface area contributed by atoms with Crippen molar-refractivity contribution in [2.45, 2.75) is 6.42 Å². The van der Waals surface area contributed by atoms with Gasteiger partial charge in [-0.1, -0.05) is 6.42 Å². The normalized spacial score (nSPS) is 7.46. The minimum absolute atomic E-state index is 0. The monoisotopic (exact) mass is 269 g/mol. The van der Waals surface area contributed by atoms with Crippen LogP contribution in [0.4, 0.5) is 0 Å². The summed E-state index contributed by atoms with van der Waals surface area (Å²) in [4.78, 5) is 0. The first-order valence-corrected chi connectivity index (χ1v) is 3.44. The first-order chi connectivity index (χ1) is 4.93. The van der Waals surface area contributed by atoms with Gasteiger partial charge in [-0.2, -0.15) is 42.9 Å². The molecule has 0 radical (unpaired) electrons. The minimum Gasteiger partial charge on any atom is -0.665 e. The van der Waals surface area contributed by atoms with E-state index in [9.17, 15) is 0 Å². The van der Waals surface area contributed by atoms with Crippen molar-refractivity contribution in [3.05, 3.63) is 56.1 Å². The maximum absolute atomic E-state index is 4.01. The number of nitrogens with zero attached hydrogens (tertiary/aromatic N) is 1. The van der Waals surface area contributed by atoms with Crippen LogP contribution >= 0.6 is 0 Å². The molecular weight excluding hydrogens is 253 g/mol. The molecule has 13 heavy (non-hydrogen) atoms. The Labute approximate surface area is 96.6 Å². The molecule has 0 spiro atoms. The second kappa shape index (κ2) is 11.8. The van der Waals surface area contributed by atoms with Crippen molar-refractivity contribution in [2.75, 3.05) is 13.6 Å². The largest absolute Gasteiger partial charge is 0.665 e. The van der Waals surface area contributed by atoms with Crippen molar-refractivity contribution in [1.82, 2.24) is 0 Å². The molecule has 0 unspecified atom stereocenters. The van der Waals surface area contributed by atoms with Crippen LogP contribution < -0.4 is 0 Å². The molecule has 1 rings (SSSR count). The Balaban J connectivity index is -0.000000333. The minimum atomic E-state index is 0. The van der Waals surface area contributed by atoms with E-state index in [-0.39, 0.29) is 35.3 Å². The predicted molar refractivity (Wildman–Crippen MR) is 56.0 cm³/mol. The summed E-state index contributed by atoms with van der Waals surface area (Å²) in [7, 11) is 1.84. The average molecular weight is 270 g/mol. The van der Waals surface area contributed by atoms with Gasteiger partial charge in [-0.3, -0.25) is 0 Å². The van der Waals surface area contributed by atoms with Gasteiger partial charge in [-0.05, 0) is 0 Å². The molecule has 0 aliphatic carbocycles. The Morgan fingerprint density at radius 2 is 2.00 bits per heavy atom. The fraction of sp³-hybridized carbons (Fsp3) is 0.273. The van der Waals surface area contributed by atoms with Gasteiger partial charge < -0.3 is 20.2 Å². The fourth-order valence-electron chi connectivity index (χ4n) is 0.818. The van der Waals surface area contributed by atoms with Gasteiger partial charge in [-0.15, -0.1) is 6.54 Å². The molecule has 0 aliphatic heterocycles. The van der Waals surface area contributed by atoms with E-state index in [4.69, 9.17) is 0 Å². The first-order valence-electron chi connectivity index (χ1n) is 3.44. The number of likely N-dealkylation sites (N-methyl/N-ethyl adjacent to an activating group) is 1. The molecular formula is C11H17NPd-4. The summed E-state index contributed by atoms with van der Waals surface area (Å²) < 4.78 is 0. The van der Waals surface area contributed by atoms with Crippen LogP contribution in [0, 0.1) is 20.9 Å². The van der Waals surface area contributed by atoms with Crippen LogP contribution in [0.15, 0.2) is 24.3 Å². The SMILES string of the molecule is C[N-]CCc1[c-]cccc1.[CH3-].[CH3-].[Pd]. The number of benzene rings is 1. The van der Waals surface area contributed by atoms with Crippen LogP contribution in [-0.2, 0) is 26.8 Å². The summed E-state index contributed by atoms with van der Waals surface area (Å²) in [5.41, 5.74) is 1.24. The third-order valence-corrected chi connectivity index (χ3v) is 1.38. The van der Waals surface area contributed by atoms with E-state index in [0.29, 0.717) is 0 Å². The van der Waals surface area contributed by atoms with E-state index in [1.165, 1.54) is 5.56 Å². The summed E-state index contributed by atoms with van der Waals surface area (Å²) in [6.07, 6.45) is 1.01. The maximum atomic E-state index is 4.01. The Kier molecular flexibility index (Phi) is 16.9. The first kappa shape index (κ1) is 18.6. The molecule has 1 aromatic rings. The molecule has 0 aliphatic rings. The van der Waals surface area contributed by atoms with E-state index in [0.717, 1.165) is 13.0 Å². The maximum Gasteiger partial charge on any atom is 0 e. The summed E-state index contributed by atoms with van der Waals surface area (Å²) in [6.45, 7) is 0.903. The Bertz CT molecular complexity index is 175. The molecule has 0 fully saturated rings. The van der Waals surface area contributed by atoms with Gasteiger partial charge in [0, 0.05) is 20.4 Å². The van der Waals surface area contributed by atoms with Crippen molar-refractivity contribution >= 4 is 0 Å². The molecule has 1 aromatic carbocycles. The Morgan fingerprint density at radius 1 is 1.31 bits per heavy atom. The fourth-order valence-corrected chi connectivity index (χ4v) is 0.818. The van der Waals surface area contributed by atoms with Crippen molar-refractivity contribution in [3.63, 3.8) is 0 Å². The van der Waals surface area contributed by atoms with Crippen LogP contribution in [0.2, 0.25) is 0 Å². The van der Waals surface area contributed by atoms with Crippen LogP contribution in [0.3, 0.4) is 0 Å². The summed E-state index contributed by atoms with van der Waals surface area (Å²) in [5.74, 6) is 0. The van der Waals surface area contributed by atoms with Crippen LogP contribution in [0.1, 0.15) is 5.56 Å². The van der Waals surface area contributed by atoms with E-state index < -0.39 is 0 Å². The molecule has 2 heteroatoms. The number of hydrogen-bond acceptors (Lipinski definition) is 0. The van der Waals surface area contributed by atoms with Crippen molar-refractivity contribution in [3.8, 4) is 0 Å². The smallest absolute Gasteiger partial charge is 0 e. The van der Waals surface area contributed by atoms with Gasteiger partial charge >= 0.3 is 0 Å². The molecule has 0 amide bonds. The molecule has 1 nitrogen and oxygen atoms in total. The zero-order chi connectivity index (χ0) is 7.23. The van der Waals surface area contributed by atoms with E-state index in [1.807, 2.05) is 25.2 Å². The summed E-state index contributed by atoms with van der Waals surface area (Å²) >= 11 is 0. The van der Waals surface area contributed by atoms with Gasteiger partial charge in [0.15, 0.2) is 0 Å². The van der Waals surface area contributed by atoms with Crippen molar-refractivity contribution in [2.24, 2.45) is 0 Å². The molecule has 0 saturated heterocycles. The quantitative estimate of drug-likeness (QED) is 0.592. The molecule has 0 aromatic heterocycles. The topological polar surface area (TPSA) is 14.1 Å². The zero-order valence-corrected chi connectivity index (χ0v) is 10.0. The van der Waals surface area contributed by atoms with Gasteiger partial charge in [0.05, 0.1) is 0 Å². The molecule has 0 bridgehead atoms. The molecule has 0 atom stereocenters. The van der Waals surface area contributed by atoms with Gasteiger partial charge in [0.25, 0.3) is 0 Å². The second-order valence-electron chi connectivity index (χ2n) is 2.18. The van der Waals surface area contributed by atoms with E-state index in [1.54, 1.807) is 0 Å². The van der Waals surface area contributed by atoms with Crippen molar-refractivity contribution in [1.29, 1.82) is 0 Å². The third-order valence-electron chi connectivity index (χ3n) is 1.38. The summed E-state index contributed by atoms with van der Waals surface area (Å²) in [6, 6.07) is 11.2. The Hall–Kier alpha value is -0.158. The van der Waals surface area contributed by atoms with Gasteiger partial charge in [-0.25, -0.2) is 0 Å². The van der Waals surface area contributed by atoms with E-state index >= 15 is 0 Å².